The summed E-state index contributed by atoms with van der Waals surface area (Å²) in [7, 11) is 2.05. The van der Waals surface area contributed by atoms with Gasteiger partial charge in [0.1, 0.15) is 0 Å². The van der Waals surface area contributed by atoms with Crippen molar-refractivity contribution in [2.75, 3.05) is 43.9 Å². The molecule has 1 aromatic carbocycles. The van der Waals surface area contributed by atoms with Crippen LogP contribution in [0.15, 0.2) is 24.3 Å². The molecule has 0 aromatic heterocycles. The molecule has 1 aliphatic rings. The Morgan fingerprint density at radius 1 is 1.38 bits per heavy atom. The lowest BCUT2D eigenvalue weighted by molar-refractivity contribution is 0.135. The molecule has 4 nitrogen and oxygen atoms in total. The second-order valence-corrected chi connectivity index (χ2v) is 4.32. The molecule has 1 saturated heterocycles. The topological polar surface area (TPSA) is 52.7 Å². The van der Waals surface area contributed by atoms with Crippen molar-refractivity contribution in [1.82, 2.24) is 4.90 Å². The van der Waals surface area contributed by atoms with Gasteiger partial charge in [-0.3, -0.25) is 4.90 Å². The van der Waals surface area contributed by atoms with Gasteiger partial charge in [-0.05, 0) is 19.2 Å². The monoisotopic (exact) mass is 221 g/mol. The van der Waals surface area contributed by atoms with E-state index < -0.39 is 0 Å². The van der Waals surface area contributed by atoms with Crippen LogP contribution in [-0.2, 0) is 0 Å². The van der Waals surface area contributed by atoms with Gasteiger partial charge >= 0.3 is 0 Å². The Balaban J connectivity index is 2.14. The molecule has 1 aromatic rings. The highest BCUT2D eigenvalue weighted by atomic mass is 16.3. The minimum atomic E-state index is 0.194. The maximum atomic E-state index is 9.30. The first kappa shape index (κ1) is 11.2. The van der Waals surface area contributed by atoms with Crippen LogP contribution in [0, 0.1) is 0 Å². The molecule has 3 N–H and O–H groups in total. The zero-order chi connectivity index (χ0) is 11.5. The molecule has 0 bridgehead atoms. The summed E-state index contributed by atoms with van der Waals surface area (Å²) in [4.78, 5) is 4.44. The summed E-state index contributed by atoms with van der Waals surface area (Å²) in [5.41, 5.74) is 7.84. The molecule has 0 spiro atoms. The van der Waals surface area contributed by atoms with Gasteiger partial charge in [-0.1, -0.05) is 12.1 Å². The molecule has 0 saturated carbocycles. The maximum absolute atomic E-state index is 9.30. The number of benzene rings is 1. The second kappa shape index (κ2) is 4.72. The molecule has 1 fully saturated rings. The predicted molar refractivity (Wildman–Crippen MR) is 66.6 cm³/mol. The number of hydrogen-bond acceptors (Lipinski definition) is 4. The fourth-order valence-corrected chi connectivity index (χ4v) is 2.14. The number of nitrogens with two attached hydrogens (primary N) is 1. The highest BCUT2D eigenvalue weighted by Crippen LogP contribution is 2.24. The summed E-state index contributed by atoms with van der Waals surface area (Å²) in [6.45, 7) is 2.95. The van der Waals surface area contributed by atoms with Crippen LogP contribution in [0.1, 0.15) is 0 Å². The van der Waals surface area contributed by atoms with E-state index in [0.29, 0.717) is 0 Å². The molecule has 0 radical (unpaired) electrons. The molecule has 1 unspecified atom stereocenters. The third-order valence-corrected chi connectivity index (χ3v) is 3.27. The minimum absolute atomic E-state index is 0.194. The molecule has 88 valence electrons. The number of aliphatic hydroxyl groups is 1. The van der Waals surface area contributed by atoms with Gasteiger partial charge in [0.05, 0.1) is 24.0 Å². The standard InChI is InChI=1S/C12H19N3O/c1-14-6-7-15(8-10(14)9-16)12-5-3-2-4-11(12)13/h2-5,10,16H,6-9,13H2,1H3. The Bertz CT molecular complexity index is 356. The zero-order valence-electron chi connectivity index (χ0n) is 9.63. The lowest BCUT2D eigenvalue weighted by atomic mass is 10.1. The van der Waals surface area contributed by atoms with Crippen molar-refractivity contribution >= 4 is 11.4 Å². The number of nitrogens with zero attached hydrogens (tertiary/aromatic N) is 2. The van der Waals surface area contributed by atoms with Crippen molar-refractivity contribution in [2.24, 2.45) is 0 Å². The molecule has 2 rings (SSSR count). The van der Waals surface area contributed by atoms with E-state index in [2.05, 4.69) is 9.80 Å². The van der Waals surface area contributed by atoms with Crippen LogP contribution < -0.4 is 10.6 Å². The second-order valence-electron chi connectivity index (χ2n) is 4.32. The highest BCUT2D eigenvalue weighted by Gasteiger charge is 2.24. The molecular weight excluding hydrogens is 202 g/mol. The average molecular weight is 221 g/mol. The van der Waals surface area contributed by atoms with Crippen LogP contribution in [0.25, 0.3) is 0 Å². The zero-order valence-corrected chi connectivity index (χ0v) is 9.63. The Morgan fingerprint density at radius 2 is 2.12 bits per heavy atom. The summed E-state index contributed by atoms with van der Waals surface area (Å²) in [6, 6.07) is 8.10. The maximum Gasteiger partial charge on any atom is 0.0604 e. The number of likely N-dealkylation sites (N-methyl/N-ethyl adjacent to an activating group) is 1. The Kier molecular flexibility index (Phi) is 3.31. The SMILES string of the molecule is CN1CCN(c2ccccc2N)CC1CO. The first-order valence-electron chi connectivity index (χ1n) is 5.63. The number of nitrogen functional groups attached to an aromatic ring is 1. The van der Waals surface area contributed by atoms with Crippen LogP contribution in [-0.4, -0.2) is 49.3 Å². The van der Waals surface area contributed by atoms with Crippen molar-refractivity contribution in [1.29, 1.82) is 0 Å². The fourth-order valence-electron chi connectivity index (χ4n) is 2.14. The van der Waals surface area contributed by atoms with E-state index in [1.807, 2.05) is 31.3 Å². The third kappa shape index (κ3) is 2.13. The van der Waals surface area contributed by atoms with Gasteiger partial charge in [0, 0.05) is 19.6 Å². The third-order valence-electron chi connectivity index (χ3n) is 3.27. The molecule has 0 amide bonds. The van der Waals surface area contributed by atoms with Gasteiger partial charge in [0.25, 0.3) is 0 Å². The Morgan fingerprint density at radius 3 is 2.81 bits per heavy atom. The van der Waals surface area contributed by atoms with Crippen LogP contribution >= 0.6 is 0 Å². The van der Waals surface area contributed by atoms with Crippen molar-refractivity contribution in [2.45, 2.75) is 6.04 Å². The molecular formula is C12H19N3O. The first-order valence-corrected chi connectivity index (χ1v) is 5.63. The lowest BCUT2D eigenvalue weighted by Gasteiger charge is -2.40. The van der Waals surface area contributed by atoms with Crippen molar-refractivity contribution in [3.05, 3.63) is 24.3 Å². The van der Waals surface area contributed by atoms with E-state index in [0.717, 1.165) is 31.0 Å². The van der Waals surface area contributed by atoms with Gasteiger partial charge in [-0.25, -0.2) is 0 Å². The molecule has 0 aliphatic carbocycles. The summed E-state index contributed by atoms with van der Waals surface area (Å²) in [5, 5.41) is 9.30. The van der Waals surface area contributed by atoms with E-state index in [-0.39, 0.29) is 12.6 Å². The molecule has 1 aliphatic heterocycles. The quantitative estimate of drug-likeness (QED) is 0.709. The van der Waals surface area contributed by atoms with Crippen molar-refractivity contribution < 1.29 is 5.11 Å². The van der Waals surface area contributed by atoms with Crippen molar-refractivity contribution in [3.63, 3.8) is 0 Å². The van der Waals surface area contributed by atoms with E-state index >= 15 is 0 Å². The Hall–Kier alpha value is -1.26. The van der Waals surface area contributed by atoms with Crippen LogP contribution in [0.2, 0.25) is 0 Å². The number of anilines is 2. The van der Waals surface area contributed by atoms with E-state index in [1.165, 1.54) is 0 Å². The van der Waals surface area contributed by atoms with E-state index in [4.69, 9.17) is 5.73 Å². The van der Waals surface area contributed by atoms with Gasteiger partial charge in [-0.15, -0.1) is 0 Å². The number of para-hydroxylation sites is 2. The van der Waals surface area contributed by atoms with Gasteiger partial charge in [0.15, 0.2) is 0 Å². The lowest BCUT2D eigenvalue weighted by Crippen LogP contribution is -2.53. The first-order chi connectivity index (χ1) is 7.72. The average Bonchev–Trinajstić information content (AvgIpc) is 2.31. The summed E-state index contributed by atoms with van der Waals surface area (Å²) < 4.78 is 0. The smallest absolute Gasteiger partial charge is 0.0604 e. The number of piperazine rings is 1. The predicted octanol–water partition coefficient (Wildman–Crippen LogP) is 0.382. The normalized spacial score (nSPS) is 22.4. The summed E-state index contributed by atoms with van der Waals surface area (Å²) in [5.74, 6) is 0. The number of hydrogen-bond donors (Lipinski definition) is 2. The minimum Gasteiger partial charge on any atom is -0.397 e. The van der Waals surface area contributed by atoms with E-state index in [1.54, 1.807) is 0 Å². The van der Waals surface area contributed by atoms with Gasteiger partial charge in [0.2, 0.25) is 0 Å². The summed E-state index contributed by atoms with van der Waals surface area (Å²) >= 11 is 0. The number of aliphatic hydroxyl groups excluding tert-OH is 1. The summed E-state index contributed by atoms with van der Waals surface area (Å²) in [6.07, 6.45) is 0. The molecule has 4 heteroatoms. The van der Waals surface area contributed by atoms with Crippen LogP contribution in [0.4, 0.5) is 11.4 Å². The fraction of sp³-hybridized carbons (Fsp3) is 0.500. The molecule has 1 heterocycles. The highest BCUT2D eigenvalue weighted by molar-refractivity contribution is 5.67. The molecule has 1 atom stereocenters. The number of rotatable bonds is 2. The van der Waals surface area contributed by atoms with Gasteiger partial charge in [-0.2, -0.15) is 0 Å². The van der Waals surface area contributed by atoms with E-state index in [9.17, 15) is 5.11 Å². The van der Waals surface area contributed by atoms with Crippen LogP contribution in [0.3, 0.4) is 0 Å². The van der Waals surface area contributed by atoms with Gasteiger partial charge < -0.3 is 15.7 Å². The molecule has 16 heavy (non-hydrogen) atoms. The van der Waals surface area contributed by atoms with Crippen LogP contribution in [0.5, 0.6) is 0 Å². The van der Waals surface area contributed by atoms with Crippen molar-refractivity contribution in [3.8, 4) is 0 Å². The Labute approximate surface area is 96.3 Å². The largest absolute Gasteiger partial charge is 0.397 e.